The van der Waals surface area contributed by atoms with Crippen molar-refractivity contribution in [3.63, 3.8) is 0 Å². The Balaban J connectivity index is 2.04. The van der Waals surface area contributed by atoms with Gasteiger partial charge in [0.1, 0.15) is 6.61 Å². The first-order chi connectivity index (χ1) is 8.81. The Kier molecular flexibility index (Phi) is 4.20. The van der Waals surface area contributed by atoms with Crippen LogP contribution in [-0.2, 0) is 4.74 Å². The number of carbonyl (C=O) groups excluding carboxylic acids is 1. The van der Waals surface area contributed by atoms with Crippen LogP contribution >= 0.6 is 0 Å². The number of ether oxygens (including phenoxy) is 1. The second-order valence-electron chi connectivity index (χ2n) is 3.83. The third-order valence-electron chi connectivity index (χ3n) is 2.35. The summed E-state index contributed by atoms with van der Waals surface area (Å²) in [4.78, 5) is 13.2. The summed E-state index contributed by atoms with van der Waals surface area (Å²) in [6, 6.07) is 9.45. The molecule has 94 valence electrons. The van der Waals surface area contributed by atoms with Crippen molar-refractivity contribution in [2.45, 2.75) is 13.3 Å². The molecule has 0 saturated carbocycles. The lowest BCUT2D eigenvalue weighted by atomic mass is 10.3. The van der Waals surface area contributed by atoms with Crippen LogP contribution in [0.4, 0.5) is 0 Å². The largest absolute Gasteiger partial charge is 0.373 e. The molecule has 2 rings (SSSR count). The summed E-state index contributed by atoms with van der Waals surface area (Å²) < 4.78 is 5.19. The quantitative estimate of drug-likeness (QED) is 0.576. The fourth-order valence-electron chi connectivity index (χ4n) is 1.46. The molecule has 0 N–H and O–H groups in total. The van der Waals surface area contributed by atoms with Gasteiger partial charge < -0.3 is 4.74 Å². The molecule has 1 aromatic heterocycles. The van der Waals surface area contributed by atoms with Crippen molar-refractivity contribution in [3.8, 4) is 5.69 Å². The first-order valence-electron chi connectivity index (χ1n) is 5.90. The zero-order valence-corrected chi connectivity index (χ0v) is 10.2. The van der Waals surface area contributed by atoms with Crippen LogP contribution in [-0.4, -0.2) is 34.0 Å². The predicted molar refractivity (Wildman–Crippen MR) is 66.8 cm³/mol. The molecule has 0 fully saturated rings. The average molecular weight is 245 g/mol. The Bertz CT molecular complexity index is 508. The van der Waals surface area contributed by atoms with Crippen LogP contribution in [0.5, 0.6) is 0 Å². The van der Waals surface area contributed by atoms with E-state index in [1.54, 1.807) is 0 Å². The van der Waals surface area contributed by atoms with Crippen LogP contribution in [0.1, 0.15) is 23.8 Å². The van der Waals surface area contributed by atoms with E-state index in [0.717, 1.165) is 12.1 Å². The minimum atomic E-state index is -0.148. The lowest BCUT2D eigenvalue weighted by molar-refractivity contribution is 0.0756. The summed E-state index contributed by atoms with van der Waals surface area (Å²) >= 11 is 0. The minimum absolute atomic E-state index is 0.0569. The fraction of sp³-hybridized carbons (Fsp3) is 0.308. The highest BCUT2D eigenvalue weighted by molar-refractivity contribution is 5.94. The number of rotatable bonds is 6. The van der Waals surface area contributed by atoms with E-state index in [9.17, 15) is 4.79 Å². The molecule has 5 nitrogen and oxygen atoms in total. The summed E-state index contributed by atoms with van der Waals surface area (Å²) in [5.74, 6) is -0.148. The summed E-state index contributed by atoms with van der Waals surface area (Å²) in [6.45, 7) is 2.63. The van der Waals surface area contributed by atoms with Gasteiger partial charge in [0.2, 0.25) is 5.78 Å². The van der Waals surface area contributed by atoms with Crippen LogP contribution in [0.25, 0.3) is 5.69 Å². The van der Waals surface area contributed by atoms with Crippen LogP contribution < -0.4 is 0 Å². The predicted octanol–water partition coefficient (Wildman–Crippen LogP) is 1.88. The van der Waals surface area contributed by atoms with Crippen LogP contribution in [0, 0.1) is 0 Å². The van der Waals surface area contributed by atoms with Gasteiger partial charge in [0.15, 0.2) is 5.69 Å². The monoisotopic (exact) mass is 245 g/mol. The SMILES string of the molecule is CCCOCC(=O)c1cnn(-c2ccccc2)n1. The van der Waals surface area contributed by atoms with Gasteiger partial charge in [-0.3, -0.25) is 4.79 Å². The number of carbonyl (C=O) groups is 1. The molecule has 0 atom stereocenters. The molecule has 0 aliphatic heterocycles. The maximum absolute atomic E-state index is 11.7. The topological polar surface area (TPSA) is 57.0 Å². The lowest BCUT2D eigenvalue weighted by Gasteiger charge is -1.99. The fourth-order valence-corrected chi connectivity index (χ4v) is 1.46. The van der Waals surface area contributed by atoms with E-state index in [1.165, 1.54) is 11.0 Å². The zero-order valence-electron chi connectivity index (χ0n) is 10.2. The number of para-hydroxylation sites is 1. The smallest absolute Gasteiger partial charge is 0.210 e. The Labute approximate surface area is 105 Å². The van der Waals surface area contributed by atoms with Crippen molar-refractivity contribution < 1.29 is 9.53 Å². The van der Waals surface area contributed by atoms with Gasteiger partial charge in [-0.25, -0.2) is 0 Å². The standard InChI is InChI=1S/C13H15N3O2/c1-2-8-18-10-13(17)12-9-14-16(15-12)11-6-4-3-5-7-11/h3-7,9H,2,8,10H2,1H3. The molecular formula is C13H15N3O2. The molecule has 0 unspecified atom stereocenters. The Morgan fingerprint density at radius 1 is 1.33 bits per heavy atom. The van der Waals surface area contributed by atoms with E-state index >= 15 is 0 Å². The first kappa shape index (κ1) is 12.4. The minimum Gasteiger partial charge on any atom is -0.373 e. The second-order valence-corrected chi connectivity index (χ2v) is 3.83. The van der Waals surface area contributed by atoms with E-state index in [2.05, 4.69) is 10.2 Å². The molecule has 0 aliphatic carbocycles. The van der Waals surface area contributed by atoms with Gasteiger partial charge in [-0.2, -0.15) is 9.90 Å². The highest BCUT2D eigenvalue weighted by Crippen LogP contribution is 2.04. The van der Waals surface area contributed by atoms with Gasteiger partial charge in [-0.15, -0.1) is 5.10 Å². The summed E-state index contributed by atoms with van der Waals surface area (Å²) in [6.07, 6.45) is 2.36. The van der Waals surface area contributed by atoms with Crippen molar-refractivity contribution in [2.75, 3.05) is 13.2 Å². The number of Topliss-reactive ketones (excluding diaryl/α,β-unsaturated/α-hetero) is 1. The van der Waals surface area contributed by atoms with E-state index in [-0.39, 0.29) is 12.4 Å². The van der Waals surface area contributed by atoms with Gasteiger partial charge in [0.05, 0.1) is 11.9 Å². The third kappa shape index (κ3) is 3.01. The maximum Gasteiger partial charge on any atom is 0.210 e. The Hall–Kier alpha value is -2.01. The molecular weight excluding hydrogens is 230 g/mol. The van der Waals surface area contributed by atoms with E-state index < -0.39 is 0 Å². The highest BCUT2D eigenvalue weighted by atomic mass is 16.5. The number of hydrogen-bond acceptors (Lipinski definition) is 4. The first-order valence-corrected chi connectivity index (χ1v) is 5.90. The number of benzene rings is 1. The number of nitrogens with zero attached hydrogens (tertiary/aromatic N) is 3. The van der Waals surface area contributed by atoms with Crippen molar-refractivity contribution in [2.24, 2.45) is 0 Å². The molecule has 0 bridgehead atoms. The van der Waals surface area contributed by atoms with Gasteiger partial charge in [-0.05, 0) is 18.6 Å². The van der Waals surface area contributed by atoms with Gasteiger partial charge in [0, 0.05) is 6.61 Å². The zero-order chi connectivity index (χ0) is 12.8. The third-order valence-corrected chi connectivity index (χ3v) is 2.35. The van der Waals surface area contributed by atoms with Crippen LogP contribution in [0.15, 0.2) is 36.5 Å². The normalized spacial score (nSPS) is 10.5. The summed E-state index contributed by atoms with van der Waals surface area (Å²) in [5.41, 5.74) is 1.15. The maximum atomic E-state index is 11.7. The van der Waals surface area contributed by atoms with Crippen molar-refractivity contribution in [1.82, 2.24) is 15.0 Å². The van der Waals surface area contributed by atoms with Crippen LogP contribution in [0.2, 0.25) is 0 Å². The number of hydrogen-bond donors (Lipinski definition) is 0. The van der Waals surface area contributed by atoms with Gasteiger partial charge >= 0.3 is 0 Å². The van der Waals surface area contributed by atoms with Crippen molar-refractivity contribution in [3.05, 3.63) is 42.2 Å². The lowest BCUT2D eigenvalue weighted by Crippen LogP contribution is -2.11. The molecule has 0 amide bonds. The van der Waals surface area contributed by atoms with Crippen molar-refractivity contribution in [1.29, 1.82) is 0 Å². The molecule has 0 saturated heterocycles. The Morgan fingerprint density at radius 2 is 2.11 bits per heavy atom. The van der Waals surface area contributed by atoms with Gasteiger partial charge in [-0.1, -0.05) is 25.1 Å². The number of aromatic nitrogens is 3. The highest BCUT2D eigenvalue weighted by Gasteiger charge is 2.11. The molecule has 0 aliphatic rings. The summed E-state index contributed by atoms with van der Waals surface area (Å²) in [5, 5.41) is 8.20. The van der Waals surface area contributed by atoms with E-state index in [4.69, 9.17) is 4.74 Å². The molecule has 0 radical (unpaired) electrons. The molecule has 0 spiro atoms. The van der Waals surface area contributed by atoms with E-state index in [0.29, 0.717) is 12.3 Å². The Morgan fingerprint density at radius 3 is 2.83 bits per heavy atom. The molecule has 18 heavy (non-hydrogen) atoms. The van der Waals surface area contributed by atoms with Gasteiger partial charge in [0.25, 0.3) is 0 Å². The molecule has 5 heteroatoms. The van der Waals surface area contributed by atoms with Crippen LogP contribution in [0.3, 0.4) is 0 Å². The second kappa shape index (κ2) is 6.07. The molecule has 2 aromatic rings. The average Bonchev–Trinajstić information content (AvgIpc) is 2.89. The number of ketones is 1. The molecule has 1 aromatic carbocycles. The van der Waals surface area contributed by atoms with E-state index in [1.807, 2.05) is 37.3 Å². The summed E-state index contributed by atoms with van der Waals surface area (Å²) in [7, 11) is 0. The molecule has 1 heterocycles. The van der Waals surface area contributed by atoms with Crippen molar-refractivity contribution >= 4 is 5.78 Å².